The highest BCUT2D eigenvalue weighted by atomic mass is 35.7. The molecule has 3 nitrogen and oxygen atoms in total. The second-order valence-electron chi connectivity index (χ2n) is 3.73. The van der Waals surface area contributed by atoms with Gasteiger partial charge in [-0.15, -0.1) is 0 Å². The van der Waals surface area contributed by atoms with Crippen molar-refractivity contribution in [3.8, 4) is 0 Å². The first kappa shape index (κ1) is 12.0. The van der Waals surface area contributed by atoms with Crippen molar-refractivity contribution in [2.75, 3.05) is 19.6 Å². The van der Waals surface area contributed by atoms with E-state index in [4.69, 9.17) is 10.7 Å². The lowest BCUT2D eigenvalue weighted by molar-refractivity contribution is 0.342. The summed E-state index contributed by atoms with van der Waals surface area (Å²) in [5.74, 6) is 0.399. The standard InChI is InChI=1S/C9H16ClNO2S/c1-3-11-5-4-9(7-11)6-8(2)14(10,12)13/h9H,2-7H2,1H3. The molecule has 1 fully saturated rings. The predicted octanol–water partition coefficient (Wildman–Crippen LogP) is 1.80. The van der Waals surface area contributed by atoms with Crippen molar-refractivity contribution in [1.29, 1.82) is 0 Å². The van der Waals surface area contributed by atoms with Gasteiger partial charge in [-0.1, -0.05) is 13.5 Å². The van der Waals surface area contributed by atoms with Gasteiger partial charge in [0.15, 0.2) is 0 Å². The number of allylic oxidation sites excluding steroid dienone is 1. The maximum Gasteiger partial charge on any atom is 0.256 e. The fourth-order valence-corrected chi connectivity index (χ4v) is 2.41. The molecule has 14 heavy (non-hydrogen) atoms. The van der Waals surface area contributed by atoms with Crippen LogP contribution in [0.5, 0.6) is 0 Å². The number of nitrogens with zero attached hydrogens (tertiary/aromatic N) is 1. The summed E-state index contributed by atoms with van der Waals surface area (Å²) in [5, 5.41) is 0. The van der Waals surface area contributed by atoms with Gasteiger partial charge in [-0.05, 0) is 31.8 Å². The van der Waals surface area contributed by atoms with Crippen molar-refractivity contribution in [2.24, 2.45) is 5.92 Å². The largest absolute Gasteiger partial charge is 0.303 e. The van der Waals surface area contributed by atoms with Crippen molar-refractivity contribution in [3.05, 3.63) is 11.5 Å². The minimum Gasteiger partial charge on any atom is -0.303 e. The van der Waals surface area contributed by atoms with E-state index in [0.29, 0.717) is 12.3 Å². The smallest absolute Gasteiger partial charge is 0.256 e. The van der Waals surface area contributed by atoms with E-state index < -0.39 is 9.05 Å². The second kappa shape index (κ2) is 4.64. The van der Waals surface area contributed by atoms with Crippen LogP contribution < -0.4 is 0 Å². The van der Waals surface area contributed by atoms with Gasteiger partial charge in [0.1, 0.15) is 0 Å². The molecule has 0 saturated carbocycles. The van der Waals surface area contributed by atoms with Crippen LogP contribution in [0.3, 0.4) is 0 Å². The van der Waals surface area contributed by atoms with Crippen molar-refractivity contribution in [2.45, 2.75) is 19.8 Å². The highest BCUT2D eigenvalue weighted by molar-refractivity contribution is 8.16. The third kappa shape index (κ3) is 3.26. The van der Waals surface area contributed by atoms with Crippen LogP contribution in [0.4, 0.5) is 0 Å². The van der Waals surface area contributed by atoms with Gasteiger partial charge < -0.3 is 4.90 Å². The van der Waals surface area contributed by atoms with Crippen LogP contribution in [0.25, 0.3) is 0 Å². The Bertz CT molecular complexity index is 313. The molecule has 1 saturated heterocycles. The fraction of sp³-hybridized carbons (Fsp3) is 0.778. The second-order valence-corrected chi connectivity index (χ2v) is 6.40. The molecular weight excluding hydrogens is 222 g/mol. The van der Waals surface area contributed by atoms with Gasteiger partial charge in [0, 0.05) is 17.2 Å². The van der Waals surface area contributed by atoms with Gasteiger partial charge in [-0.25, -0.2) is 8.42 Å². The summed E-state index contributed by atoms with van der Waals surface area (Å²) in [7, 11) is 1.64. The van der Waals surface area contributed by atoms with E-state index in [9.17, 15) is 8.42 Å². The fourth-order valence-electron chi connectivity index (χ4n) is 1.79. The van der Waals surface area contributed by atoms with E-state index in [2.05, 4.69) is 18.4 Å². The third-order valence-corrected chi connectivity index (χ3v) is 4.19. The molecular formula is C9H16ClNO2S. The Hall–Kier alpha value is -0.0600. The molecule has 1 unspecified atom stereocenters. The Labute approximate surface area is 90.2 Å². The molecule has 5 heteroatoms. The van der Waals surface area contributed by atoms with Gasteiger partial charge in [0.25, 0.3) is 9.05 Å². The van der Waals surface area contributed by atoms with E-state index in [1.54, 1.807) is 0 Å². The number of hydrogen-bond acceptors (Lipinski definition) is 3. The monoisotopic (exact) mass is 237 g/mol. The van der Waals surface area contributed by atoms with Crippen LogP contribution in [-0.2, 0) is 9.05 Å². The molecule has 1 aliphatic heterocycles. The molecule has 1 heterocycles. The number of rotatable bonds is 4. The molecule has 0 aromatic rings. The molecule has 1 rings (SSSR count). The van der Waals surface area contributed by atoms with Crippen molar-refractivity contribution in [3.63, 3.8) is 0 Å². The van der Waals surface area contributed by atoms with Crippen molar-refractivity contribution >= 4 is 19.7 Å². The van der Waals surface area contributed by atoms with Crippen LogP contribution in [0.2, 0.25) is 0 Å². The van der Waals surface area contributed by atoms with Crippen LogP contribution in [-0.4, -0.2) is 33.0 Å². The van der Waals surface area contributed by atoms with E-state index in [0.717, 1.165) is 26.1 Å². The Balaban J connectivity index is 2.44. The number of hydrogen-bond donors (Lipinski definition) is 0. The first-order valence-corrected chi connectivity index (χ1v) is 7.09. The molecule has 1 atom stereocenters. The summed E-state index contributed by atoms with van der Waals surface area (Å²) in [6.07, 6.45) is 1.54. The lowest BCUT2D eigenvalue weighted by Gasteiger charge is -2.12. The van der Waals surface area contributed by atoms with E-state index in [1.807, 2.05) is 0 Å². The van der Waals surface area contributed by atoms with Crippen LogP contribution in [0, 0.1) is 5.92 Å². The highest BCUT2D eigenvalue weighted by Gasteiger charge is 2.24. The lowest BCUT2D eigenvalue weighted by Crippen LogP contribution is -2.20. The predicted molar refractivity (Wildman–Crippen MR) is 58.8 cm³/mol. The summed E-state index contributed by atoms with van der Waals surface area (Å²) >= 11 is 0. The average Bonchev–Trinajstić information content (AvgIpc) is 2.50. The zero-order chi connectivity index (χ0) is 10.8. The minimum atomic E-state index is -3.56. The zero-order valence-corrected chi connectivity index (χ0v) is 9.94. The molecule has 0 aliphatic carbocycles. The first-order chi connectivity index (χ1) is 6.43. The Kier molecular flexibility index (Phi) is 3.98. The van der Waals surface area contributed by atoms with Crippen LogP contribution in [0.1, 0.15) is 19.8 Å². The van der Waals surface area contributed by atoms with E-state index >= 15 is 0 Å². The summed E-state index contributed by atoms with van der Waals surface area (Å²) in [6.45, 7) is 8.65. The average molecular weight is 238 g/mol. The lowest BCUT2D eigenvalue weighted by atomic mass is 10.1. The molecule has 0 aromatic heterocycles. The zero-order valence-electron chi connectivity index (χ0n) is 8.37. The molecule has 0 spiro atoms. The molecule has 0 aromatic carbocycles. The summed E-state index contributed by atoms with van der Waals surface area (Å²) in [4.78, 5) is 2.46. The minimum absolute atomic E-state index is 0.155. The first-order valence-electron chi connectivity index (χ1n) is 4.78. The molecule has 0 N–H and O–H groups in total. The SMILES string of the molecule is C=C(CC1CCN(CC)C1)S(=O)(=O)Cl. The Morgan fingerprint density at radius 1 is 1.64 bits per heavy atom. The van der Waals surface area contributed by atoms with E-state index in [-0.39, 0.29) is 4.91 Å². The molecule has 0 bridgehead atoms. The Morgan fingerprint density at radius 3 is 2.71 bits per heavy atom. The number of likely N-dealkylation sites (tertiary alicyclic amines) is 1. The molecule has 1 aliphatic rings. The maximum absolute atomic E-state index is 10.9. The van der Waals surface area contributed by atoms with Crippen molar-refractivity contribution < 1.29 is 8.42 Å². The number of halogens is 1. The highest BCUT2D eigenvalue weighted by Crippen LogP contribution is 2.25. The normalized spacial score (nSPS) is 24.0. The van der Waals surface area contributed by atoms with Gasteiger partial charge in [-0.2, -0.15) is 0 Å². The summed E-state index contributed by atoms with van der Waals surface area (Å²) < 4.78 is 21.8. The van der Waals surface area contributed by atoms with Crippen LogP contribution in [0.15, 0.2) is 11.5 Å². The van der Waals surface area contributed by atoms with Gasteiger partial charge in [-0.3, -0.25) is 0 Å². The molecule has 0 amide bonds. The molecule has 0 radical (unpaired) electrons. The van der Waals surface area contributed by atoms with E-state index in [1.165, 1.54) is 0 Å². The summed E-state index contributed by atoms with van der Waals surface area (Å²) in [5.41, 5.74) is 0. The topological polar surface area (TPSA) is 37.4 Å². The molecule has 82 valence electrons. The van der Waals surface area contributed by atoms with Gasteiger partial charge >= 0.3 is 0 Å². The third-order valence-electron chi connectivity index (χ3n) is 2.68. The van der Waals surface area contributed by atoms with Crippen molar-refractivity contribution in [1.82, 2.24) is 4.90 Å². The summed E-state index contributed by atoms with van der Waals surface area (Å²) in [6, 6.07) is 0. The Morgan fingerprint density at radius 2 is 2.29 bits per heavy atom. The van der Waals surface area contributed by atoms with Gasteiger partial charge in [0.05, 0.1) is 4.91 Å². The van der Waals surface area contributed by atoms with Crippen LogP contribution >= 0.6 is 10.7 Å². The van der Waals surface area contributed by atoms with Gasteiger partial charge in [0.2, 0.25) is 0 Å². The quantitative estimate of drug-likeness (QED) is 0.700. The maximum atomic E-state index is 10.9.